The zero-order chi connectivity index (χ0) is 14.5. The number of aromatic carboxylic acids is 1. The molecule has 0 bridgehead atoms. The molecule has 0 aliphatic rings. The molecule has 0 unspecified atom stereocenters. The maximum atomic E-state index is 12.9. The Labute approximate surface area is 113 Å². The molecule has 0 saturated carbocycles. The molecule has 7 heteroatoms. The first-order valence-electron chi connectivity index (χ1n) is 5.56. The van der Waals surface area contributed by atoms with Crippen molar-refractivity contribution in [1.29, 1.82) is 0 Å². The second-order valence-electron chi connectivity index (χ2n) is 3.86. The van der Waals surface area contributed by atoms with Crippen molar-refractivity contribution in [2.75, 3.05) is 10.6 Å². The highest BCUT2D eigenvalue weighted by Crippen LogP contribution is 2.11. The van der Waals surface area contributed by atoms with Crippen molar-refractivity contribution in [3.63, 3.8) is 0 Å². The molecule has 0 atom stereocenters. The van der Waals surface area contributed by atoms with E-state index in [0.717, 1.165) is 12.3 Å². The van der Waals surface area contributed by atoms with Gasteiger partial charge in [-0.05, 0) is 24.3 Å². The first kappa shape index (κ1) is 13.5. The number of aromatic nitrogens is 1. The summed E-state index contributed by atoms with van der Waals surface area (Å²) >= 11 is 0. The van der Waals surface area contributed by atoms with Crippen LogP contribution in [0.1, 0.15) is 10.4 Å². The number of carbonyl (C=O) groups excluding carboxylic acids is 1. The number of carbonyl (C=O) groups is 2. The van der Waals surface area contributed by atoms with Gasteiger partial charge in [0.2, 0.25) is 0 Å². The zero-order valence-electron chi connectivity index (χ0n) is 10.1. The molecule has 0 aliphatic heterocycles. The van der Waals surface area contributed by atoms with Gasteiger partial charge in [-0.15, -0.1) is 0 Å². The van der Waals surface area contributed by atoms with Crippen LogP contribution in [0, 0.1) is 5.82 Å². The second-order valence-corrected chi connectivity index (χ2v) is 3.86. The number of pyridine rings is 1. The number of benzene rings is 1. The van der Waals surface area contributed by atoms with Crippen molar-refractivity contribution >= 4 is 23.4 Å². The molecule has 0 aliphatic carbocycles. The average molecular weight is 275 g/mol. The van der Waals surface area contributed by atoms with Crippen LogP contribution >= 0.6 is 0 Å². The van der Waals surface area contributed by atoms with E-state index in [1.165, 1.54) is 30.5 Å². The Kier molecular flexibility index (Phi) is 3.90. The summed E-state index contributed by atoms with van der Waals surface area (Å²) in [5.74, 6) is -1.62. The molecule has 1 heterocycles. The van der Waals surface area contributed by atoms with Gasteiger partial charge in [-0.3, -0.25) is 4.98 Å². The van der Waals surface area contributed by atoms with Crippen molar-refractivity contribution in [1.82, 2.24) is 4.98 Å². The highest BCUT2D eigenvalue weighted by Gasteiger charge is 2.07. The normalized spacial score (nSPS) is 9.85. The van der Waals surface area contributed by atoms with Gasteiger partial charge in [0.15, 0.2) is 0 Å². The van der Waals surface area contributed by atoms with Crippen LogP contribution in [0.4, 0.5) is 20.6 Å². The number of amides is 2. The van der Waals surface area contributed by atoms with Gasteiger partial charge in [0.05, 0.1) is 17.4 Å². The fourth-order valence-corrected chi connectivity index (χ4v) is 1.48. The van der Waals surface area contributed by atoms with Crippen LogP contribution in [0.3, 0.4) is 0 Å². The Morgan fingerprint density at radius 2 is 1.85 bits per heavy atom. The van der Waals surface area contributed by atoms with E-state index < -0.39 is 17.8 Å². The number of nitrogens with zero attached hydrogens (tertiary/aromatic N) is 1. The molecule has 0 fully saturated rings. The van der Waals surface area contributed by atoms with Crippen molar-refractivity contribution in [2.24, 2.45) is 0 Å². The van der Waals surface area contributed by atoms with E-state index in [2.05, 4.69) is 15.6 Å². The van der Waals surface area contributed by atoms with E-state index in [1.54, 1.807) is 0 Å². The summed E-state index contributed by atoms with van der Waals surface area (Å²) < 4.78 is 12.9. The minimum atomic E-state index is -1.15. The lowest BCUT2D eigenvalue weighted by atomic mass is 10.2. The van der Waals surface area contributed by atoms with Gasteiger partial charge in [-0.25, -0.2) is 14.0 Å². The van der Waals surface area contributed by atoms with Crippen molar-refractivity contribution in [3.05, 3.63) is 54.1 Å². The lowest BCUT2D eigenvalue weighted by Gasteiger charge is -2.07. The third-order valence-electron chi connectivity index (χ3n) is 2.33. The fraction of sp³-hybridized carbons (Fsp3) is 0. The van der Waals surface area contributed by atoms with Crippen molar-refractivity contribution in [2.45, 2.75) is 0 Å². The number of urea groups is 1. The molecular weight excluding hydrogens is 265 g/mol. The van der Waals surface area contributed by atoms with Crippen molar-refractivity contribution < 1.29 is 19.1 Å². The molecule has 0 saturated heterocycles. The third kappa shape index (κ3) is 3.52. The largest absolute Gasteiger partial charge is 0.478 e. The van der Waals surface area contributed by atoms with Crippen LogP contribution in [0.15, 0.2) is 42.7 Å². The number of halogens is 1. The van der Waals surface area contributed by atoms with Crippen LogP contribution in [0.5, 0.6) is 0 Å². The van der Waals surface area contributed by atoms with E-state index in [1.807, 2.05) is 0 Å². The monoisotopic (exact) mass is 275 g/mol. The minimum absolute atomic E-state index is 0.0476. The predicted molar refractivity (Wildman–Crippen MR) is 70.2 cm³/mol. The van der Waals surface area contributed by atoms with E-state index >= 15 is 0 Å². The number of rotatable bonds is 3. The number of carboxylic acids is 1. The Morgan fingerprint density at radius 1 is 1.10 bits per heavy atom. The maximum absolute atomic E-state index is 12.9. The summed E-state index contributed by atoms with van der Waals surface area (Å²) in [6, 6.07) is 6.03. The summed E-state index contributed by atoms with van der Waals surface area (Å²) in [7, 11) is 0. The third-order valence-corrected chi connectivity index (χ3v) is 2.33. The Balaban J connectivity index is 2.04. The quantitative estimate of drug-likeness (QED) is 0.802. The molecule has 102 valence electrons. The number of hydrogen-bond acceptors (Lipinski definition) is 3. The van der Waals surface area contributed by atoms with Crippen LogP contribution in [0.25, 0.3) is 0 Å². The summed E-state index contributed by atoms with van der Waals surface area (Å²) in [5, 5.41) is 13.6. The van der Waals surface area contributed by atoms with Crippen LogP contribution in [0.2, 0.25) is 0 Å². The highest BCUT2D eigenvalue weighted by molar-refractivity contribution is 6.00. The summed E-state index contributed by atoms with van der Waals surface area (Å²) in [6.45, 7) is 0. The topological polar surface area (TPSA) is 91.3 Å². The highest BCUT2D eigenvalue weighted by atomic mass is 19.1. The van der Waals surface area contributed by atoms with E-state index in [-0.39, 0.29) is 16.9 Å². The molecule has 6 nitrogen and oxygen atoms in total. The van der Waals surface area contributed by atoms with E-state index in [9.17, 15) is 14.0 Å². The molecule has 20 heavy (non-hydrogen) atoms. The molecule has 1 aromatic heterocycles. The number of nitrogens with one attached hydrogen (secondary N) is 2. The molecule has 0 radical (unpaired) electrons. The first-order chi connectivity index (χ1) is 9.54. The Hall–Kier alpha value is -2.96. The lowest BCUT2D eigenvalue weighted by molar-refractivity contribution is 0.0696. The van der Waals surface area contributed by atoms with E-state index in [4.69, 9.17) is 5.11 Å². The van der Waals surface area contributed by atoms with Gasteiger partial charge < -0.3 is 15.7 Å². The average Bonchev–Trinajstić information content (AvgIpc) is 2.38. The molecule has 2 aromatic rings. The van der Waals surface area contributed by atoms with Gasteiger partial charge in [-0.2, -0.15) is 0 Å². The predicted octanol–water partition coefficient (Wildman–Crippen LogP) is 2.56. The van der Waals surface area contributed by atoms with Crippen molar-refractivity contribution in [3.8, 4) is 0 Å². The van der Waals surface area contributed by atoms with Gasteiger partial charge in [0.25, 0.3) is 0 Å². The minimum Gasteiger partial charge on any atom is -0.478 e. The smallest absolute Gasteiger partial charge is 0.337 e. The molecule has 0 spiro atoms. The van der Waals surface area contributed by atoms with Gasteiger partial charge in [0, 0.05) is 11.9 Å². The Bertz CT molecular complexity index is 661. The zero-order valence-corrected chi connectivity index (χ0v) is 10.1. The fourth-order valence-electron chi connectivity index (χ4n) is 1.48. The number of hydrogen-bond donors (Lipinski definition) is 3. The van der Waals surface area contributed by atoms with Gasteiger partial charge in [0.1, 0.15) is 5.82 Å². The van der Waals surface area contributed by atoms with Crippen LogP contribution in [-0.4, -0.2) is 22.1 Å². The summed E-state index contributed by atoms with van der Waals surface area (Å²) in [4.78, 5) is 26.1. The summed E-state index contributed by atoms with van der Waals surface area (Å²) in [6.07, 6.45) is 2.47. The molecule has 3 N–H and O–H groups in total. The maximum Gasteiger partial charge on any atom is 0.337 e. The Morgan fingerprint density at radius 3 is 2.55 bits per heavy atom. The molecule has 2 amide bonds. The SMILES string of the molecule is O=C(Nc1cccc(F)c1)Nc1cncc(C(=O)O)c1. The van der Waals surface area contributed by atoms with Gasteiger partial charge in [-0.1, -0.05) is 6.07 Å². The molecule has 1 aromatic carbocycles. The lowest BCUT2D eigenvalue weighted by Crippen LogP contribution is -2.19. The number of carboxylic acid groups (broad SMARTS) is 1. The van der Waals surface area contributed by atoms with E-state index in [0.29, 0.717) is 0 Å². The van der Waals surface area contributed by atoms with Crippen LogP contribution < -0.4 is 10.6 Å². The second kappa shape index (κ2) is 5.79. The molecular formula is C13H10FN3O3. The molecule has 2 rings (SSSR count). The van der Waals surface area contributed by atoms with Gasteiger partial charge >= 0.3 is 12.0 Å². The number of anilines is 2. The standard InChI is InChI=1S/C13H10FN3O3/c14-9-2-1-3-10(5-9)16-13(20)17-11-4-8(12(18)19)6-15-7-11/h1-7H,(H,18,19)(H2,16,17,20). The summed E-state index contributed by atoms with van der Waals surface area (Å²) in [5.41, 5.74) is 0.456. The van der Waals surface area contributed by atoms with Crippen LogP contribution in [-0.2, 0) is 0 Å². The first-order valence-corrected chi connectivity index (χ1v) is 5.56.